The molecule has 1 aromatic rings. The van der Waals surface area contributed by atoms with E-state index in [1.54, 1.807) is 13.0 Å². The minimum Gasteiger partial charge on any atom is -0.488 e. The van der Waals surface area contributed by atoms with E-state index in [0.717, 1.165) is 30.7 Å². The molecular weight excluding hydrogens is 314 g/mol. The average molecular weight is 334 g/mol. The number of nitrogens with one attached hydrogen (secondary N) is 1. The summed E-state index contributed by atoms with van der Waals surface area (Å²) in [6.45, 7) is 0.859. The van der Waals surface area contributed by atoms with Crippen LogP contribution in [0.15, 0.2) is 47.4 Å². The molecule has 24 heavy (non-hydrogen) atoms. The molecule has 1 fully saturated rings. The van der Waals surface area contributed by atoms with Crippen LogP contribution >= 0.6 is 0 Å². The van der Waals surface area contributed by atoms with E-state index in [-0.39, 0.29) is 29.3 Å². The van der Waals surface area contributed by atoms with Gasteiger partial charge in [-0.3, -0.25) is 4.79 Å². The zero-order valence-electron chi connectivity index (χ0n) is 13.4. The third-order valence-electron chi connectivity index (χ3n) is 4.12. The Labute approximate surface area is 139 Å². The van der Waals surface area contributed by atoms with Crippen molar-refractivity contribution in [3.8, 4) is 0 Å². The van der Waals surface area contributed by atoms with Gasteiger partial charge in [0.25, 0.3) is 0 Å². The number of hydrogen-bond acceptors (Lipinski definition) is 4. The maximum Gasteiger partial charge on any atom is 0.243 e. The average Bonchev–Trinajstić information content (AvgIpc) is 3.36. The van der Waals surface area contributed by atoms with Crippen molar-refractivity contribution in [1.29, 1.82) is 5.41 Å². The van der Waals surface area contributed by atoms with Crippen LogP contribution < -0.4 is 5.73 Å². The molecular formula is C18H20F2N2O2. The number of ketones is 1. The van der Waals surface area contributed by atoms with Gasteiger partial charge in [0.1, 0.15) is 12.5 Å². The van der Waals surface area contributed by atoms with Gasteiger partial charge < -0.3 is 15.9 Å². The van der Waals surface area contributed by atoms with Crippen LogP contribution in [0.4, 0.5) is 8.78 Å². The van der Waals surface area contributed by atoms with Gasteiger partial charge in [0, 0.05) is 17.2 Å². The molecule has 1 aliphatic carbocycles. The molecule has 0 heterocycles. The van der Waals surface area contributed by atoms with Crippen LogP contribution in [-0.4, -0.2) is 25.3 Å². The Bertz CT molecular complexity index is 707. The summed E-state index contributed by atoms with van der Waals surface area (Å²) in [4.78, 5) is 12.3. The van der Waals surface area contributed by atoms with Crippen molar-refractivity contribution < 1.29 is 18.3 Å². The van der Waals surface area contributed by atoms with E-state index in [0.29, 0.717) is 5.57 Å². The molecule has 0 aromatic heterocycles. The van der Waals surface area contributed by atoms with Crippen LogP contribution in [0.2, 0.25) is 0 Å². The fourth-order valence-corrected chi connectivity index (χ4v) is 2.43. The van der Waals surface area contributed by atoms with Crippen LogP contribution in [0, 0.1) is 11.2 Å². The standard InChI is InChI=1S/C18H20F2N2O2/c1-12(10-21)17(16(23)15(22)5-8-19)24-11-18(6-7-18)13-3-2-4-14(20)9-13/h2-5,9-10,21H,6-8,11,22H2,1H3/b15-5+,17-12+,21-10?. The van der Waals surface area contributed by atoms with E-state index in [1.165, 1.54) is 12.1 Å². The second kappa shape index (κ2) is 7.38. The number of benzene rings is 1. The van der Waals surface area contributed by atoms with Crippen LogP contribution in [0.5, 0.6) is 0 Å². The number of rotatable bonds is 8. The number of nitrogens with two attached hydrogens (primary N) is 1. The van der Waals surface area contributed by atoms with E-state index < -0.39 is 12.5 Å². The Hall–Kier alpha value is -2.50. The SMILES string of the molecule is C/C(C=N)=C(\OCC1(c2cccc(F)c2)CC1)C(=O)/C(N)=C\CF. The summed E-state index contributed by atoms with van der Waals surface area (Å²) < 4.78 is 31.4. The molecule has 0 unspecified atom stereocenters. The first-order valence-electron chi connectivity index (χ1n) is 7.60. The van der Waals surface area contributed by atoms with E-state index >= 15 is 0 Å². The van der Waals surface area contributed by atoms with Gasteiger partial charge in [0.15, 0.2) is 5.76 Å². The van der Waals surface area contributed by atoms with E-state index in [1.807, 2.05) is 6.07 Å². The van der Waals surface area contributed by atoms with Crippen LogP contribution in [0.3, 0.4) is 0 Å². The van der Waals surface area contributed by atoms with Gasteiger partial charge in [-0.1, -0.05) is 12.1 Å². The number of carbonyl (C=O) groups excluding carboxylic acids is 1. The number of hydrogen-bond donors (Lipinski definition) is 2. The van der Waals surface area contributed by atoms with Crippen molar-refractivity contribution in [1.82, 2.24) is 0 Å². The molecule has 1 aromatic carbocycles. The van der Waals surface area contributed by atoms with Gasteiger partial charge in [-0.2, -0.15) is 0 Å². The molecule has 1 saturated carbocycles. The highest BCUT2D eigenvalue weighted by molar-refractivity contribution is 6.09. The number of alkyl halides is 1. The van der Waals surface area contributed by atoms with Gasteiger partial charge in [-0.15, -0.1) is 0 Å². The van der Waals surface area contributed by atoms with Crippen LogP contribution in [0.1, 0.15) is 25.3 Å². The first-order valence-corrected chi connectivity index (χ1v) is 7.60. The summed E-state index contributed by atoms with van der Waals surface area (Å²) in [5.41, 5.74) is 6.05. The quantitative estimate of drug-likeness (QED) is 0.435. The lowest BCUT2D eigenvalue weighted by Crippen LogP contribution is -2.22. The van der Waals surface area contributed by atoms with Gasteiger partial charge in [-0.05, 0) is 43.5 Å². The Morgan fingerprint density at radius 3 is 2.71 bits per heavy atom. The Kier molecular flexibility index (Phi) is 5.49. The summed E-state index contributed by atoms with van der Waals surface area (Å²) in [5.74, 6) is -1.05. The lowest BCUT2D eigenvalue weighted by atomic mass is 9.97. The summed E-state index contributed by atoms with van der Waals surface area (Å²) in [6.07, 6.45) is 3.58. The Morgan fingerprint density at radius 1 is 1.46 bits per heavy atom. The zero-order valence-corrected chi connectivity index (χ0v) is 13.4. The number of halogens is 2. The van der Waals surface area contributed by atoms with E-state index in [9.17, 15) is 13.6 Å². The second-order valence-corrected chi connectivity index (χ2v) is 5.88. The zero-order chi connectivity index (χ0) is 17.7. The Morgan fingerprint density at radius 2 is 2.17 bits per heavy atom. The summed E-state index contributed by atoms with van der Waals surface area (Å²) in [7, 11) is 0. The number of allylic oxidation sites excluding steroid dienone is 2. The van der Waals surface area contributed by atoms with Gasteiger partial charge in [-0.25, -0.2) is 8.78 Å². The normalized spacial score (nSPS) is 17.0. The van der Waals surface area contributed by atoms with Crippen molar-refractivity contribution in [2.24, 2.45) is 5.73 Å². The van der Waals surface area contributed by atoms with Crippen molar-refractivity contribution in [3.63, 3.8) is 0 Å². The topological polar surface area (TPSA) is 76.2 Å². The molecule has 0 amide bonds. The second-order valence-electron chi connectivity index (χ2n) is 5.88. The van der Waals surface area contributed by atoms with Crippen molar-refractivity contribution >= 4 is 12.0 Å². The largest absolute Gasteiger partial charge is 0.488 e. The molecule has 3 N–H and O–H groups in total. The number of ether oxygens (including phenoxy) is 1. The third-order valence-corrected chi connectivity index (χ3v) is 4.12. The molecule has 2 rings (SSSR count). The molecule has 0 aliphatic heterocycles. The third kappa shape index (κ3) is 3.88. The number of Topliss-reactive ketones (excluding diaryl/α,β-unsaturated/α-hetero) is 1. The highest BCUT2D eigenvalue weighted by atomic mass is 19.1. The first kappa shape index (κ1) is 17.8. The molecule has 0 bridgehead atoms. The molecule has 0 radical (unpaired) electrons. The molecule has 6 heteroatoms. The minimum absolute atomic E-state index is 0.0742. The molecule has 4 nitrogen and oxygen atoms in total. The smallest absolute Gasteiger partial charge is 0.243 e. The molecule has 0 atom stereocenters. The van der Waals surface area contributed by atoms with Gasteiger partial charge >= 0.3 is 0 Å². The van der Waals surface area contributed by atoms with Crippen molar-refractivity contribution in [2.75, 3.05) is 13.3 Å². The van der Waals surface area contributed by atoms with Crippen molar-refractivity contribution in [3.05, 3.63) is 58.8 Å². The summed E-state index contributed by atoms with van der Waals surface area (Å²) >= 11 is 0. The van der Waals surface area contributed by atoms with Crippen LogP contribution in [0.25, 0.3) is 0 Å². The van der Waals surface area contributed by atoms with E-state index in [4.69, 9.17) is 15.9 Å². The highest BCUT2D eigenvalue weighted by Gasteiger charge is 2.45. The van der Waals surface area contributed by atoms with Gasteiger partial charge in [0.2, 0.25) is 5.78 Å². The predicted molar refractivity (Wildman–Crippen MR) is 88.0 cm³/mol. The van der Waals surface area contributed by atoms with E-state index in [2.05, 4.69) is 0 Å². The summed E-state index contributed by atoms with van der Waals surface area (Å²) in [5, 5.41) is 7.32. The first-order chi connectivity index (χ1) is 11.4. The van der Waals surface area contributed by atoms with Crippen molar-refractivity contribution in [2.45, 2.75) is 25.2 Å². The lowest BCUT2D eigenvalue weighted by molar-refractivity contribution is -0.115. The monoisotopic (exact) mass is 334 g/mol. The van der Waals surface area contributed by atoms with Crippen LogP contribution in [-0.2, 0) is 14.9 Å². The lowest BCUT2D eigenvalue weighted by Gasteiger charge is -2.19. The fraction of sp³-hybridized carbons (Fsp3) is 0.333. The van der Waals surface area contributed by atoms with Gasteiger partial charge in [0.05, 0.1) is 12.3 Å². The molecule has 128 valence electrons. The maximum atomic E-state index is 13.4. The molecule has 0 spiro atoms. The molecule has 1 aliphatic rings. The molecule has 0 saturated heterocycles. The maximum absolute atomic E-state index is 13.4. The number of carbonyl (C=O) groups is 1. The Balaban J connectivity index is 2.19. The predicted octanol–water partition coefficient (Wildman–Crippen LogP) is 3.18. The fourth-order valence-electron chi connectivity index (χ4n) is 2.43. The minimum atomic E-state index is -0.859. The summed E-state index contributed by atoms with van der Waals surface area (Å²) in [6, 6.07) is 6.29. The highest BCUT2D eigenvalue weighted by Crippen LogP contribution is 2.48.